The molecule has 0 bridgehead atoms. The molecule has 1 aliphatic heterocycles. The summed E-state index contributed by atoms with van der Waals surface area (Å²) in [7, 11) is 1.64. The molecule has 132 valence electrons. The Morgan fingerprint density at radius 2 is 1.92 bits per heavy atom. The Kier molecular flexibility index (Phi) is 4.35. The molecule has 2 N–H and O–H groups in total. The molecule has 4 rings (SSSR count). The van der Waals surface area contributed by atoms with Gasteiger partial charge in [0.05, 0.1) is 13.2 Å². The van der Waals surface area contributed by atoms with Crippen molar-refractivity contribution in [3.05, 3.63) is 71.8 Å². The molecule has 26 heavy (non-hydrogen) atoms. The largest absolute Gasteiger partial charge is 0.496 e. The highest BCUT2D eigenvalue weighted by molar-refractivity contribution is 5.88. The number of hydrogen-bond acceptors (Lipinski definition) is 3. The summed E-state index contributed by atoms with van der Waals surface area (Å²) in [5, 5.41) is 8.10. The number of carbonyl (C=O) groups excluding carboxylic acids is 1. The van der Waals surface area contributed by atoms with Crippen LogP contribution in [-0.2, 0) is 6.54 Å². The summed E-state index contributed by atoms with van der Waals surface area (Å²) in [5.74, 6) is 1.59. The van der Waals surface area contributed by atoms with Gasteiger partial charge in [0.1, 0.15) is 18.1 Å². The van der Waals surface area contributed by atoms with E-state index in [4.69, 9.17) is 9.47 Å². The molecule has 5 nitrogen and oxygen atoms in total. The lowest BCUT2D eigenvalue weighted by Crippen LogP contribution is -2.38. The molecule has 0 aromatic heterocycles. The van der Waals surface area contributed by atoms with E-state index in [0.29, 0.717) is 13.2 Å². The second kappa shape index (κ2) is 6.96. The van der Waals surface area contributed by atoms with Crippen LogP contribution < -0.4 is 20.1 Å². The van der Waals surface area contributed by atoms with Crippen LogP contribution in [0.5, 0.6) is 11.5 Å². The second-order valence-electron chi connectivity index (χ2n) is 6.20. The van der Waals surface area contributed by atoms with Gasteiger partial charge in [-0.3, -0.25) is 0 Å². The molecule has 1 heterocycles. The fourth-order valence-electron chi connectivity index (χ4n) is 3.35. The Hall–Kier alpha value is -3.21. The molecule has 3 aromatic rings. The van der Waals surface area contributed by atoms with E-state index in [0.717, 1.165) is 33.4 Å². The zero-order chi connectivity index (χ0) is 17.9. The molecule has 0 radical (unpaired) electrons. The molecule has 1 unspecified atom stereocenters. The second-order valence-corrected chi connectivity index (χ2v) is 6.20. The third kappa shape index (κ3) is 3.04. The average Bonchev–Trinajstić information content (AvgIpc) is 3.09. The predicted molar refractivity (Wildman–Crippen MR) is 101 cm³/mol. The molecule has 0 saturated carbocycles. The molecule has 0 spiro atoms. The maximum atomic E-state index is 12.4. The zero-order valence-electron chi connectivity index (χ0n) is 14.5. The highest BCUT2D eigenvalue weighted by atomic mass is 16.5. The third-order valence-electron chi connectivity index (χ3n) is 4.65. The van der Waals surface area contributed by atoms with Crippen LogP contribution in [0.25, 0.3) is 10.8 Å². The lowest BCUT2D eigenvalue weighted by molar-refractivity contribution is 0.231. The summed E-state index contributed by atoms with van der Waals surface area (Å²) in [6.07, 6.45) is 0. The van der Waals surface area contributed by atoms with Crippen molar-refractivity contribution < 1.29 is 14.3 Å². The van der Waals surface area contributed by atoms with Crippen molar-refractivity contribution >= 4 is 16.8 Å². The maximum Gasteiger partial charge on any atom is 0.315 e. The Morgan fingerprint density at radius 3 is 2.81 bits per heavy atom. The highest BCUT2D eigenvalue weighted by Gasteiger charge is 2.25. The number of rotatable bonds is 4. The van der Waals surface area contributed by atoms with E-state index in [-0.39, 0.29) is 12.1 Å². The van der Waals surface area contributed by atoms with Crippen molar-refractivity contribution in [1.29, 1.82) is 0 Å². The number of carbonyl (C=O) groups is 1. The molecular weight excluding hydrogens is 328 g/mol. The number of hydrogen-bond donors (Lipinski definition) is 2. The lowest BCUT2D eigenvalue weighted by Gasteiger charge is -2.15. The zero-order valence-corrected chi connectivity index (χ0v) is 14.5. The molecule has 5 heteroatoms. The van der Waals surface area contributed by atoms with E-state index in [1.54, 1.807) is 7.11 Å². The van der Waals surface area contributed by atoms with Crippen LogP contribution in [0.2, 0.25) is 0 Å². The van der Waals surface area contributed by atoms with Crippen molar-refractivity contribution in [2.75, 3.05) is 13.7 Å². The first kappa shape index (κ1) is 16.3. The minimum atomic E-state index is -0.231. The van der Waals surface area contributed by atoms with Gasteiger partial charge in [0, 0.05) is 17.7 Å². The number of fused-ring (bicyclic) bond motifs is 2. The predicted octanol–water partition coefficient (Wildman–Crippen LogP) is 3.78. The van der Waals surface area contributed by atoms with E-state index in [2.05, 4.69) is 10.6 Å². The van der Waals surface area contributed by atoms with E-state index >= 15 is 0 Å². The van der Waals surface area contributed by atoms with Crippen molar-refractivity contribution in [2.24, 2.45) is 0 Å². The van der Waals surface area contributed by atoms with Crippen LogP contribution in [-0.4, -0.2) is 19.7 Å². The van der Waals surface area contributed by atoms with Crippen LogP contribution in [0.4, 0.5) is 4.79 Å². The van der Waals surface area contributed by atoms with Crippen LogP contribution >= 0.6 is 0 Å². The fourth-order valence-corrected chi connectivity index (χ4v) is 3.35. The maximum absolute atomic E-state index is 12.4. The van der Waals surface area contributed by atoms with Crippen molar-refractivity contribution in [3.63, 3.8) is 0 Å². The van der Waals surface area contributed by atoms with Crippen LogP contribution in [0, 0.1) is 0 Å². The Labute approximate surface area is 151 Å². The van der Waals surface area contributed by atoms with Gasteiger partial charge >= 0.3 is 6.03 Å². The van der Waals surface area contributed by atoms with Crippen molar-refractivity contribution in [2.45, 2.75) is 12.6 Å². The van der Waals surface area contributed by atoms with Crippen molar-refractivity contribution in [1.82, 2.24) is 10.6 Å². The minimum Gasteiger partial charge on any atom is -0.496 e. The van der Waals surface area contributed by atoms with E-state index in [1.807, 2.05) is 60.7 Å². The molecule has 2 amide bonds. The molecular formula is C21H20N2O3. The summed E-state index contributed by atoms with van der Waals surface area (Å²) >= 11 is 0. The van der Waals surface area contributed by atoms with Gasteiger partial charge in [0.25, 0.3) is 0 Å². The van der Waals surface area contributed by atoms with Crippen LogP contribution in [0.1, 0.15) is 17.2 Å². The molecule has 1 atom stereocenters. The van der Waals surface area contributed by atoms with E-state index in [9.17, 15) is 4.79 Å². The van der Waals surface area contributed by atoms with Gasteiger partial charge in [-0.1, -0.05) is 48.5 Å². The molecule has 1 aliphatic rings. The molecule has 0 saturated heterocycles. The summed E-state index contributed by atoms with van der Waals surface area (Å²) in [6, 6.07) is 19.4. The quantitative estimate of drug-likeness (QED) is 0.754. The normalized spacial score (nSPS) is 15.2. The average molecular weight is 348 g/mol. The first-order valence-electron chi connectivity index (χ1n) is 8.57. The van der Waals surface area contributed by atoms with Gasteiger partial charge in [-0.25, -0.2) is 4.79 Å². The van der Waals surface area contributed by atoms with Gasteiger partial charge in [0.15, 0.2) is 0 Å². The van der Waals surface area contributed by atoms with Crippen molar-refractivity contribution in [3.8, 4) is 11.5 Å². The standard InChI is InChI=1S/C21H20N2O3/c1-25-19-11-10-14-6-2-3-7-15(14)17(19)12-22-21(24)23-18-13-26-20-9-5-4-8-16(18)20/h2-11,18H,12-13H2,1H3,(H2,22,23,24). The number of nitrogens with one attached hydrogen (secondary N) is 2. The number of urea groups is 1. The van der Waals surface area contributed by atoms with Gasteiger partial charge in [-0.15, -0.1) is 0 Å². The van der Waals surface area contributed by atoms with Gasteiger partial charge < -0.3 is 20.1 Å². The number of para-hydroxylation sites is 1. The first-order valence-corrected chi connectivity index (χ1v) is 8.57. The Morgan fingerprint density at radius 1 is 1.12 bits per heavy atom. The smallest absolute Gasteiger partial charge is 0.315 e. The lowest BCUT2D eigenvalue weighted by atomic mass is 10.0. The fraction of sp³-hybridized carbons (Fsp3) is 0.190. The SMILES string of the molecule is COc1ccc2ccccc2c1CNC(=O)NC1COc2ccccc21. The minimum absolute atomic E-state index is 0.138. The number of amides is 2. The third-order valence-corrected chi connectivity index (χ3v) is 4.65. The van der Waals surface area contributed by atoms with Crippen LogP contribution in [0.3, 0.4) is 0 Å². The van der Waals surface area contributed by atoms with Crippen LogP contribution in [0.15, 0.2) is 60.7 Å². The van der Waals surface area contributed by atoms with Gasteiger partial charge in [-0.2, -0.15) is 0 Å². The Balaban J connectivity index is 1.48. The molecule has 0 aliphatic carbocycles. The number of benzene rings is 3. The monoisotopic (exact) mass is 348 g/mol. The topological polar surface area (TPSA) is 59.6 Å². The summed E-state index contributed by atoms with van der Waals surface area (Å²) in [4.78, 5) is 12.4. The van der Waals surface area contributed by atoms with E-state index < -0.39 is 0 Å². The Bertz CT molecular complexity index is 955. The van der Waals surface area contributed by atoms with Gasteiger partial charge in [0.2, 0.25) is 0 Å². The van der Waals surface area contributed by atoms with Gasteiger partial charge in [-0.05, 0) is 22.9 Å². The number of ether oxygens (including phenoxy) is 2. The highest BCUT2D eigenvalue weighted by Crippen LogP contribution is 2.31. The summed E-state index contributed by atoms with van der Waals surface area (Å²) < 4.78 is 11.1. The molecule has 3 aromatic carbocycles. The molecule has 0 fully saturated rings. The van der Waals surface area contributed by atoms with E-state index in [1.165, 1.54) is 0 Å². The first-order chi connectivity index (χ1) is 12.8. The number of methoxy groups -OCH3 is 1. The summed E-state index contributed by atoms with van der Waals surface area (Å²) in [6.45, 7) is 0.829. The summed E-state index contributed by atoms with van der Waals surface area (Å²) in [5.41, 5.74) is 1.97.